The van der Waals surface area contributed by atoms with Crippen LogP contribution in [0.3, 0.4) is 0 Å². The van der Waals surface area contributed by atoms with E-state index in [1.54, 1.807) is 0 Å². The zero-order chi connectivity index (χ0) is 11.3. The van der Waals surface area contributed by atoms with Gasteiger partial charge >= 0.3 is 0 Å². The SMILES string of the molecule is CCCC(N)=NC1CCCCC1C(C)C. The number of rotatable bonds is 4. The van der Waals surface area contributed by atoms with Crippen molar-refractivity contribution in [3.05, 3.63) is 0 Å². The summed E-state index contributed by atoms with van der Waals surface area (Å²) in [5.41, 5.74) is 5.93. The van der Waals surface area contributed by atoms with Gasteiger partial charge in [0.05, 0.1) is 11.9 Å². The zero-order valence-electron chi connectivity index (χ0n) is 10.5. The number of amidine groups is 1. The topological polar surface area (TPSA) is 38.4 Å². The van der Waals surface area contributed by atoms with Gasteiger partial charge in [-0.15, -0.1) is 0 Å². The lowest BCUT2D eigenvalue weighted by molar-refractivity contribution is 0.241. The monoisotopic (exact) mass is 210 g/mol. The maximum absolute atomic E-state index is 5.93. The number of aliphatic imine (C=N–C) groups is 1. The molecule has 0 heterocycles. The minimum absolute atomic E-state index is 0.505. The number of nitrogens with two attached hydrogens (primary N) is 1. The maximum Gasteiger partial charge on any atom is 0.0940 e. The summed E-state index contributed by atoms with van der Waals surface area (Å²) in [4.78, 5) is 4.72. The first-order valence-corrected chi connectivity index (χ1v) is 6.47. The summed E-state index contributed by atoms with van der Waals surface area (Å²) >= 11 is 0. The molecule has 2 unspecified atom stereocenters. The van der Waals surface area contributed by atoms with Crippen molar-refractivity contribution in [2.45, 2.75) is 65.3 Å². The van der Waals surface area contributed by atoms with Gasteiger partial charge < -0.3 is 5.73 Å². The summed E-state index contributed by atoms with van der Waals surface area (Å²) in [5, 5.41) is 0. The number of hydrogen-bond donors (Lipinski definition) is 1. The average molecular weight is 210 g/mol. The molecule has 0 radical (unpaired) electrons. The second-order valence-electron chi connectivity index (χ2n) is 5.13. The van der Waals surface area contributed by atoms with E-state index in [-0.39, 0.29) is 0 Å². The zero-order valence-corrected chi connectivity index (χ0v) is 10.5. The van der Waals surface area contributed by atoms with Crippen LogP contribution in [0.2, 0.25) is 0 Å². The maximum atomic E-state index is 5.93. The summed E-state index contributed by atoms with van der Waals surface area (Å²) in [6, 6.07) is 0.505. The van der Waals surface area contributed by atoms with Crippen LogP contribution in [0.5, 0.6) is 0 Å². The van der Waals surface area contributed by atoms with Gasteiger partial charge in [-0.2, -0.15) is 0 Å². The molecule has 2 N–H and O–H groups in total. The third kappa shape index (κ3) is 3.84. The molecule has 0 saturated heterocycles. The molecule has 2 atom stereocenters. The van der Waals surface area contributed by atoms with Gasteiger partial charge in [0.25, 0.3) is 0 Å². The van der Waals surface area contributed by atoms with Crippen molar-refractivity contribution in [1.29, 1.82) is 0 Å². The summed E-state index contributed by atoms with van der Waals surface area (Å²) in [6.45, 7) is 6.78. The van der Waals surface area contributed by atoms with Crippen LogP contribution in [-0.2, 0) is 0 Å². The van der Waals surface area contributed by atoms with Crippen molar-refractivity contribution in [2.75, 3.05) is 0 Å². The van der Waals surface area contributed by atoms with E-state index in [1.165, 1.54) is 25.7 Å². The van der Waals surface area contributed by atoms with E-state index in [2.05, 4.69) is 20.8 Å². The molecular formula is C13H26N2. The Labute approximate surface area is 94.3 Å². The lowest BCUT2D eigenvalue weighted by atomic mass is 9.78. The van der Waals surface area contributed by atoms with Gasteiger partial charge in [0.2, 0.25) is 0 Å². The first kappa shape index (κ1) is 12.5. The molecule has 1 aliphatic carbocycles. The second kappa shape index (κ2) is 6.14. The Morgan fingerprint density at radius 1 is 1.33 bits per heavy atom. The van der Waals surface area contributed by atoms with Crippen LogP contribution >= 0.6 is 0 Å². The van der Waals surface area contributed by atoms with Crippen LogP contribution < -0.4 is 5.73 Å². The fourth-order valence-electron chi connectivity index (χ4n) is 2.61. The number of nitrogens with zero attached hydrogens (tertiary/aromatic N) is 1. The molecule has 0 aliphatic heterocycles. The summed E-state index contributed by atoms with van der Waals surface area (Å²) in [7, 11) is 0. The van der Waals surface area contributed by atoms with Crippen LogP contribution in [0, 0.1) is 11.8 Å². The van der Waals surface area contributed by atoms with E-state index < -0.39 is 0 Å². The van der Waals surface area contributed by atoms with E-state index in [4.69, 9.17) is 10.7 Å². The molecule has 2 nitrogen and oxygen atoms in total. The second-order valence-corrected chi connectivity index (χ2v) is 5.13. The van der Waals surface area contributed by atoms with Crippen molar-refractivity contribution in [1.82, 2.24) is 0 Å². The van der Waals surface area contributed by atoms with Crippen molar-refractivity contribution >= 4 is 5.84 Å². The third-order valence-electron chi connectivity index (χ3n) is 3.48. The summed E-state index contributed by atoms with van der Waals surface area (Å²) in [6.07, 6.45) is 7.35. The fraction of sp³-hybridized carbons (Fsp3) is 0.923. The van der Waals surface area contributed by atoms with Crippen LogP contribution in [0.1, 0.15) is 59.3 Å². The van der Waals surface area contributed by atoms with Gasteiger partial charge in [-0.25, -0.2) is 0 Å². The Bertz CT molecular complexity index is 209. The molecule has 0 aromatic carbocycles. The van der Waals surface area contributed by atoms with E-state index in [9.17, 15) is 0 Å². The van der Waals surface area contributed by atoms with Crippen LogP contribution in [0.4, 0.5) is 0 Å². The van der Waals surface area contributed by atoms with Gasteiger partial charge in [-0.1, -0.05) is 33.6 Å². The molecule has 1 aliphatic rings. The van der Waals surface area contributed by atoms with Gasteiger partial charge in [-0.05, 0) is 31.1 Å². The molecule has 2 heteroatoms. The first-order valence-electron chi connectivity index (χ1n) is 6.47. The van der Waals surface area contributed by atoms with Crippen LogP contribution in [0.15, 0.2) is 4.99 Å². The summed E-state index contributed by atoms with van der Waals surface area (Å²) in [5.74, 6) is 2.37. The Kier molecular flexibility index (Phi) is 5.13. The molecule has 0 bridgehead atoms. The smallest absolute Gasteiger partial charge is 0.0940 e. The molecule has 0 aromatic rings. The van der Waals surface area contributed by atoms with Crippen molar-refractivity contribution in [3.8, 4) is 0 Å². The highest BCUT2D eigenvalue weighted by Crippen LogP contribution is 2.32. The van der Waals surface area contributed by atoms with E-state index in [0.717, 1.165) is 30.5 Å². The molecule has 1 saturated carbocycles. The lowest BCUT2D eigenvalue weighted by Gasteiger charge is -2.32. The lowest BCUT2D eigenvalue weighted by Crippen LogP contribution is -2.29. The molecule has 0 amide bonds. The fourth-order valence-corrected chi connectivity index (χ4v) is 2.61. The quantitative estimate of drug-likeness (QED) is 0.561. The highest BCUT2D eigenvalue weighted by molar-refractivity contribution is 5.80. The van der Waals surface area contributed by atoms with Gasteiger partial charge in [0.1, 0.15) is 0 Å². The third-order valence-corrected chi connectivity index (χ3v) is 3.48. The van der Waals surface area contributed by atoms with Crippen LogP contribution in [-0.4, -0.2) is 11.9 Å². The average Bonchev–Trinajstić information content (AvgIpc) is 2.18. The predicted molar refractivity (Wildman–Crippen MR) is 67.1 cm³/mol. The molecule has 1 rings (SSSR count). The molecule has 0 spiro atoms. The largest absolute Gasteiger partial charge is 0.387 e. The van der Waals surface area contributed by atoms with E-state index >= 15 is 0 Å². The van der Waals surface area contributed by atoms with Gasteiger partial charge in [0.15, 0.2) is 0 Å². The molecule has 0 aromatic heterocycles. The van der Waals surface area contributed by atoms with Crippen molar-refractivity contribution in [3.63, 3.8) is 0 Å². The van der Waals surface area contributed by atoms with Crippen LogP contribution in [0.25, 0.3) is 0 Å². The Hall–Kier alpha value is -0.530. The van der Waals surface area contributed by atoms with Crippen molar-refractivity contribution in [2.24, 2.45) is 22.6 Å². The standard InChI is InChI=1S/C13H26N2/c1-4-7-13(14)15-12-9-6-5-8-11(12)10(2)3/h10-12H,4-9H2,1-3H3,(H2,14,15). The Morgan fingerprint density at radius 2 is 2.00 bits per heavy atom. The molecule has 1 fully saturated rings. The Morgan fingerprint density at radius 3 is 2.60 bits per heavy atom. The number of hydrogen-bond acceptors (Lipinski definition) is 1. The molecule has 88 valence electrons. The molecule has 15 heavy (non-hydrogen) atoms. The minimum Gasteiger partial charge on any atom is -0.387 e. The first-order chi connectivity index (χ1) is 7.15. The van der Waals surface area contributed by atoms with Crippen molar-refractivity contribution < 1.29 is 0 Å². The normalized spacial score (nSPS) is 28.4. The van der Waals surface area contributed by atoms with E-state index in [1.807, 2.05) is 0 Å². The minimum atomic E-state index is 0.505. The molecular weight excluding hydrogens is 184 g/mol. The van der Waals surface area contributed by atoms with E-state index in [0.29, 0.717) is 6.04 Å². The van der Waals surface area contributed by atoms with Gasteiger partial charge in [-0.3, -0.25) is 4.99 Å². The van der Waals surface area contributed by atoms with Gasteiger partial charge in [0, 0.05) is 6.42 Å². The highest BCUT2D eigenvalue weighted by atomic mass is 14.9. The Balaban J connectivity index is 2.59. The summed E-state index contributed by atoms with van der Waals surface area (Å²) < 4.78 is 0. The highest BCUT2D eigenvalue weighted by Gasteiger charge is 2.27. The predicted octanol–water partition coefficient (Wildman–Crippen LogP) is 3.36.